The van der Waals surface area contributed by atoms with Crippen LogP contribution >= 0.6 is 40.3 Å². The molecule has 0 spiro atoms. The van der Waals surface area contributed by atoms with E-state index < -0.39 is 9.84 Å². The third kappa shape index (κ3) is 3.00. The monoisotopic (exact) mass is 396 g/mol. The van der Waals surface area contributed by atoms with E-state index in [4.69, 9.17) is 17.0 Å². The van der Waals surface area contributed by atoms with Crippen molar-refractivity contribution < 1.29 is 8.42 Å². The Kier molecular flexibility index (Phi) is 4.73. The highest BCUT2D eigenvalue weighted by Gasteiger charge is 2.48. The minimum Gasteiger partial charge on any atom is -0.342 e. The van der Waals surface area contributed by atoms with Gasteiger partial charge in [0.05, 0.1) is 17.5 Å². The topological polar surface area (TPSA) is 61.2 Å². The molecule has 4 nitrogen and oxygen atoms in total. The average molecular weight is 398 g/mol. The highest BCUT2D eigenvalue weighted by atomic mass is 79.9. The summed E-state index contributed by atoms with van der Waals surface area (Å²) >= 11 is 7.49. The molecule has 2 aliphatic heterocycles. The van der Waals surface area contributed by atoms with Crippen LogP contribution in [0, 0.1) is 5.41 Å². The van der Waals surface area contributed by atoms with E-state index in [0.717, 1.165) is 5.56 Å². The van der Waals surface area contributed by atoms with Gasteiger partial charge in [-0.1, -0.05) is 41.6 Å². The lowest BCUT2D eigenvalue weighted by Gasteiger charge is -2.24. The number of hydrogen-bond acceptors (Lipinski definition) is 4. The van der Waals surface area contributed by atoms with Crippen LogP contribution in [-0.4, -0.2) is 41.3 Å². The summed E-state index contributed by atoms with van der Waals surface area (Å²) in [5.74, 6) is 0.335. The van der Waals surface area contributed by atoms with Crippen LogP contribution < -0.4 is 0 Å². The zero-order valence-corrected chi connectivity index (χ0v) is 14.6. The van der Waals surface area contributed by atoms with Gasteiger partial charge in [0, 0.05) is 16.8 Å². The van der Waals surface area contributed by atoms with Gasteiger partial charge in [-0.05, 0) is 11.6 Å². The Hall–Kier alpha value is -0.240. The van der Waals surface area contributed by atoms with Gasteiger partial charge in [0.15, 0.2) is 15.0 Å². The second kappa shape index (κ2) is 5.87. The summed E-state index contributed by atoms with van der Waals surface area (Å²) in [6, 6.07) is 7.40. The normalized spacial score (nSPS) is 27.2. The number of amidine groups is 1. The molecule has 0 amide bonds. The van der Waals surface area contributed by atoms with Crippen LogP contribution in [0.3, 0.4) is 0 Å². The molecular formula is C12H14BrClN2O2S2. The van der Waals surface area contributed by atoms with E-state index in [1.54, 1.807) is 0 Å². The fourth-order valence-electron chi connectivity index (χ4n) is 2.56. The number of thioether (sulfide) groups is 1. The number of nitrogens with zero attached hydrogens (tertiary/aromatic N) is 1. The lowest BCUT2D eigenvalue weighted by molar-refractivity contribution is 0.349. The Morgan fingerprint density at radius 2 is 2.05 bits per heavy atom. The molecule has 110 valence electrons. The Morgan fingerprint density at radius 1 is 1.35 bits per heavy atom. The van der Waals surface area contributed by atoms with Gasteiger partial charge in [-0.2, -0.15) is 0 Å². The summed E-state index contributed by atoms with van der Waals surface area (Å²) in [6.07, 6.45) is 0. The molecule has 2 saturated heterocycles. The van der Waals surface area contributed by atoms with Gasteiger partial charge in [-0.3, -0.25) is 5.41 Å². The standard InChI is InChI=1S/C12H13ClN2O2S2.BrH/c13-9-4-2-1-3-8(9)5-15-10-6-19(16,17)7-11(10)18-12(15)14;/h1-4,10-11,14H,5-7H2;1H/t10-,11+;/m0./s1. The Labute approximate surface area is 138 Å². The summed E-state index contributed by atoms with van der Waals surface area (Å²) in [6.45, 7) is 0.502. The summed E-state index contributed by atoms with van der Waals surface area (Å²) < 4.78 is 23.4. The predicted octanol–water partition coefficient (Wildman–Crippen LogP) is 2.57. The van der Waals surface area contributed by atoms with Gasteiger partial charge in [-0.25, -0.2) is 8.42 Å². The molecule has 1 N–H and O–H groups in total. The quantitative estimate of drug-likeness (QED) is 0.833. The van der Waals surface area contributed by atoms with E-state index in [-0.39, 0.29) is 39.8 Å². The van der Waals surface area contributed by atoms with Crippen LogP contribution in [-0.2, 0) is 16.4 Å². The van der Waals surface area contributed by atoms with E-state index in [1.807, 2.05) is 29.2 Å². The molecule has 2 fully saturated rings. The van der Waals surface area contributed by atoms with Crippen molar-refractivity contribution in [2.45, 2.75) is 17.8 Å². The summed E-state index contributed by atoms with van der Waals surface area (Å²) in [4.78, 5) is 1.86. The van der Waals surface area contributed by atoms with Crippen LogP contribution in [0.25, 0.3) is 0 Å². The SMILES string of the molecule is Br.N=C1S[C@@H]2CS(=O)(=O)C[C@@H]2N1Cc1ccccc1Cl. The van der Waals surface area contributed by atoms with E-state index in [1.165, 1.54) is 11.8 Å². The molecule has 1 aromatic rings. The molecule has 0 radical (unpaired) electrons. The maximum atomic E-state index is 11.7. The molecule has 2 atom stereocenters. The van der Waals surface area contributed by atoms with Crippen LogP contribution in [0.15, 0.2) is 24.3 Å². The third-order valence-electron chi connectivity index (χ3n) is 3.49. The number of hydrogen-bond donors (Lipinski definition) is 1. The maximum Gasteiger partial charge on any atom is 0.157 e. The molecule has 8 heteroatoms. The fourth-order valence-corrected chi connectivity index (χ4v) is 6.59. The Balaban J connectivity index is 0.00000147. The van der Waals surface area contributed by atoms with E-state index >= 15 is 0 Å². The number of sulfone groups is 1. The fraction of sp³-hybridized carbons (Fsp3) is 0.417. The number of benzene rings is 1. The van der Waals surface area contributed by atoms with Crippen LogP contribution in [0.2, 0.25) is 5.02 Å². The second-order valence-electron chi connectivity index (χ2n) is 4.83. The number of rotatable bonds is 2. The number of fused-ring (bicyclic) bond motifs is 1. The van der Waals surface area contributed by atoms with Crippen molar-refractivity contribution in [1.29, 1.82) is 5.41 Å². The molecule has 0 saturated carbocycles. The molecular weight excluding hydrogens is 384 g/mol. The van der Waals surface area contributed by atoms with Crippen molar-refractivity contribution in [2.75, 3.05) is 11.5 Å². The Morgan fingerprint density at radius 3 is 2.75 bits per heavy atom. The van der Waals surface area contributed by atoms with Crippen LogP contribution in [0.4, 0.5) is 0 Å². The molecule has 0 unspecified atom stereocenters. The van der Waals surface area contributed by atoms with Gasteiger partial charge < -0.3 is 4.90 Å². The number of halogens is 2. The lowest BCUT2D eigenvalue weighted by atomic mass is 10.1. The molecule has 3 rings (SSSR count). The average Bonchev–Trinajstić information content (AvgIpc) is 2.75. The third-order valence-corrected chi connectivity index (χ3v) is 7.03. The van der Waals surface area contributed by atoms with E-state index in [2.05, 4.69) is 0 Å². The van der Waals surface area contributed by atoms with Crippen molar-refractivity contribution in [2.24, 2.45) is 0 Å². The molecule has 2 heterocycles. The first-order chi connectivity index (χ1) is 8.96. The van der Waals surface area contributed by atoms with Crippen molar-refractivity contribution in [1.82, 2.24) is 4.90 Å². The van der Waals surface area contributed by atoms with Gasteiger partial charge >= 0.3 is 0 Å². The molecule has 0 aliphatic carbocycles. The van der Waals surface area contributed by atoms with Gasteiger partial charge in [0.1, 0.15) is 0 Å². The highest BCUT2D eigenvalue weighted by Crippen LogP contribution is 2.38. The minimum atomic E-state index is -2.96. The smallest absolute Gasteiger partial charge is 0.157 e. The molecule has 0 bridgehead atoms. The summed E-state index contributed by atoms with van der Waals surface area (Å²) in [5, 5.41) is 9.11. The first-order valence-electron chi connectivity index (χ1n) is 5.92. The number of nitrogens with one attached hydrogen (secondary N) is 1. The van der Waals surface area contributed by atoms with Crippen molar-refractivity contribution in [3.8, 4) is 0 Å². The molecule has 1 aromatic carbocycles. The molecule has 2 aliphatic rings. The minimum absolute atomic E-state index is 0. The zero-order chi connectivity index (χ0) is 13.6. The van der Waals surface area contributed by atoms with Crippen LogP contribution in [0.5, 0.6) is 0 Å². The van der Waals surface area contributed by atoms with Crippen molar-refractivity contribution in [3.63, 3.8) is 0 Å². The van der Waals surface area contributed by atoms with E-state index in [9.17, 15) is 8.42 Å². The molecule has 0 aromatic heterocycles. The zero-order valence-electron chi connectivity index (χ0n) is 10.5. The highest BCUT2D eigenvalue weighted by molar-refractivity contribution is 8.93. The first kappa shape index (κ1) is 16.1. The van der Waals surface area contributed by atoms with Crippen molar-refractivity contribution >= 4 is 55.3 Å². The summed E-state index contributed by atoms with van der Waals surface area (Å²) in [7, 11) is -2.96. The molecule has 20 heavy (non-hydrogen) atoms. The first-order valence-corrected chi connectivity index (χ1v) is 9.00. The van der Waals surface area contributed by atoms with Gasteiger partial charge in [-0.15, -0.1) is 17.0 Å². The maximum absolute atomic E-state index is 11.7. The predicted molar refractivity (Wildman–Crippen MR) is 88.9 cm³/mol. The van der Waals surface area contributed by atoms with Crippen LogP contribution in [0.1, 0.15) is 5.56 Å². The Bertz CT molecular complexity index is 638. The van der Waals surface area contributed by atoms with E-state index in [0.29, 0.717) is 16.7 Å². The second-order valence-corrected chi connectivity index (χ2v) is 8.61. The van der Waals surface area contributed by atoms with Gasteiger partial charge in [0.2, 0.25) is 0 Å². The largest absolute Gasteiger partial charge is 0.342 e. The summed E-state index contributed by atoms with van der Waals surface area (Å²) in [5.41, 5.74) is 0.930. The van der Waals surface area contributed by atoms with Crippen molar-refractivity contribution in [3.05, 3.63) is 34.9 Å². The van der Waals surface area contributed by atoms with Gasteiger partial charge in [0.25, 0.3) is 0 Å². The lowest BCUT2D eigenvalue weighted by Crippen LogP contribution is -2.36.